The van der Waals surface area contributed by atoms with Crippen LogP contribution in [0, 0.1) is 5.82 Å². The first kappa shape index (κ1) is 22.3. The number of methoxy groups -OCH3 is 2. The van der Waals surface area contributed by atoms with Gasteiger partial charge in [-0.05, 0) is 77.1 Å². The van der Waals surface area contributed by atoms with Crippen molar-refractivity contribution in [1.82, 2.24) is 0 Å². The molecule has 0 saturated carbocycles. The van der Waals surface area contributed by atoms with Gasteiger partial charge in [-0.15, -0.1) is 0 Å². The molecule has 168 valence electrons. The molecule has 0 radical (unpaired) electrons. The van der Waals surface area contributed by atoms with E-state index in [4.69, 9.17) is 9.47 Å². The number of aromatic hydroxyl groups is 1. The van der Waals surface area contributed by atoms with E-state index in [-0.39, 0.29) is 17.3 Å². The Morgan fingerprint density at radius 3 is 2.27 bits per heavy atom. The summed E-state index contributed by atoms with van der Waals surface area (Å²) >= 11 is 0. The van der Waals surface area contributed by atoms with Gasteiger partial charge in [0, 0.05) is 12.0 Å². The zero-order valence-electron chi connectivity index (χ0n) is 18.8. The number of phenols is 1. The second kappa shape index (κ2) is 9.33. The Morgan fingerprint density at radius 2 is 1.64 bits per heavy atom. The van der Waals surface area contributed by atoms with E-state index in [9.17, 15) is 14.3 Å². The van der Waals surface area contributed by atoms with E-state index in [1.807, 2.05) is 43.3 Å². The van der Waals surface area contributed by atoms with Crippen LogP contribution in [0.5, 0.6) is 17.2 Å². The molecular formula is C28H25FO4. The number of fused-ring (bicyclic) bond motifs is 1. The van der Waals surface area contributed by atoms with Gasteiger partial charge in [0.1, 0.15) is 5.82 Å². The second-order valence-corrected chi connectivity index (χ2v) is 7.91. The van der Waals surface area contributed by atoms with Crippen LogP contribution in [0.4, 0.5) is 4.39 Å². The Labute approximate surface area is 192 Å². The van der Waals surface area contributed by atoms with Crippen molar-refractivity contribution in [3.05, 3.63) is 94.3 Å². The number of hydrogen-bond acceptors (Lipinski definition) is 4. The highest BCUT2D eigenvalue weighted by atomic mass is 19.1. The first-order valence-corrected chi connectivity index (χ1v) is 10.7. The maximum Gasteiger partial charge on any atom is 0.200 e. The van der Waals surface area contributed by atoms with Gasteiger partial charge in [0.05, 0.1) is 14.2 Å². The van der Waals surface area contributed by atoms with Crippen molar-refractivity contribution in [2.45, 2.75) is 19.8 Å². The fraction of sp³-hybridized carbons (Fsp3) is 0.179. The SMILES string of the molecule is COc1cc(/C=C2/C(C)=C(CCC(=O)c3ccccc3)c3cc(F)ccc32)cc(OC)c1O. The maximum atomic E-state index is 14.2. The molecule has 4 nitrogen and oxygen atoms in total. The number of phenolic OH excluding ortho intramolecular Hbond substituents is 1. The molecule has 0 amide bonds. The monoisotopic (exact) mass is 444 g/mol. The highest BCUT2D eigenvalue weighted by Gasteiger charge is 2.25. The average molecular weight is 445 g/mol. The van der Waals surface area contributed by atoms with Crippen molar-refractivity contribution in [3.8, 4) is 17.2 Å². The number of ether oxygens (including phenoxy) is 2. The number of carbonyl (C=O) groups is 1. The molecule has 0 atom stereocenters. The number of allylic oxidation sites excluding steroid dienone is 3. The third kappa shape index (κ3) is 4.40. The molecule has 0 heterocycles. The van der Waals surface area contributed by atoms with Crippen molar-refractivity contribution in [2.75, 3.05) is 14.2 Å². The van der Waals surface area contributed by atoms with E-state index in [0.717, 1.165) is 33.4 Å². The van der Waals surface area contributed by atoms with Gasteiger partial charge in [0.2, 0.25) is 5.75 Å². The second-order valence-electron chi connectivity index (χ2n) is 7.91. The van der Waals surface area contributed by atoms with Gasteiger partial charge in [-0.2, -0.15) is 0 Å². The molecule has 3 aromatic carbocycles. The predicted molar refractivity (Wildman–Crippen MR) is 128 cm³/mol. The predicted octanol–water partition coefficient (Wildman–Crippen LogP) is 6.54. The molecule has 0 bridgehead atoms. The highest BCUT2D eigenvalue weighted by Crippen LogP contribution is 2.45. The largest absolute Gasteiger partial charge is 0.502 e. The Morgan fingerprint density at radius 1 is 0.970 bits per heavy atom. The summed E-state index contributed by atoms with van der Waals surface area (Å²) in [7, 11) is 2.96. The molecule has 0 unspecified atom stereocenters. The van der Waals surface area contributed by atoms with Crippen LogP contribution in [0.1, 0.15) is 46.8 Å². The van der Waals surface area contributed by atoms with Crippen molar-refractivity contribution >= 4 is 23.0 Å². The van der Waals surface area contributed by atoms with Crippen LogP contribution in [0.3, 0.4) is 0 Å². The molecule has 4 rings (SSSR count). The summed E-state index contributed by atoms with van der Waals surface area (Å²) in [6.45, 7) is 1.99. The van der Waals surface area contributed by atoms with Crippen LogP contribution in [0.25, 0.3) is 17.2 Å². The minimum atomic E-state index is -0.317. The quantitative estimate of drug-likeness (QED) is 0.421. The van der Waals surface area contributed by atoms with E-state index >= 15 is 0 Å². The highest BCUT2D eigenvalue weighted by molar-refractivity contribution is 6.06. The smallest absolute Gasteiger partial charge is 0.200 e. The van der Waals surface area contributed by atoms with E-state index in [1.54, 1.807) is 18.2 Å². The molecule has 0 fully saturated rings. The number of carbonyl (C=O) groups excluding carboxylic acids is 1. The zero-order valence-corrected chi connectivity index (χ0v) is 18.8. The summed E-state index contributed by atoms with van der Waals surface area (Å²) in [5.41, 5.74) is 6.03. The number of benzene rings is 3. The lowest BCUT2D eigenvalue weighted by Crippen LogP contribution is -1.99. The molecule has 5 heteroatoms. The lowest BCUT2D eigenvalue weighted by atomic mass is 9.97. The maximum absolute atomic E-state index is 14.2. The first-order valence-electron chi connectivity index (χ1n) is 10.7. The van der Waals surface area contributed by atoms with Crippen molar-refractivity contribution in [2.24, 2.45) is 0 Å². The minimum Gasteiger partial charge on any atom is -0.502 e. The average Bonchev–Trinajstić information content (AvgIpc) is 3.08. The Hall–Kier alpha value is -3.86. The molecular weight excluding hydrogens is 419 g/mol. The topological polar surface area (TPSA) is 55.8 Å². The molecule has 0 aromatic heterocycles. The van der Waals surface area contributed by atoms with Crippen LogP contribution < -0.4 is 9.47 Å². The summed E-state index contributed by atoms with van der Waals surface area (Å²) < 4.78 is 24.7. The third-order valence-corrected chi connectivity index (χ3v) is 5.96. The molecule has 33 heavy (non-hydrogen) atoms. The van der Waals surface area contributed by atoms with E-state index in [0.29, 0.717) is 29.9 Å². The first-order chi connectivity index (χ1) is 15.9. The number of rotatable bonds is 7. The van der Waals surface area contributed by atoms with Gasteiger partial charge in [0.15, 0.2) is 17.3 Å². The van der Waals surface area contributed by atoms with Crippen LogP contribution in [-0.4, -0.2) is 25.1 Å². The van der Waals surface area contributed by atoms with Crippen LogP contribution in [-0.2, 0) is 0 Å². The number of Topliss-reactive ketones (excluding diaryl/α,β-unsaturated/α-hetero) is 1. The van der Waals surface area contributed by atoms with E-state index in [1.165, 1.54) is 26.4 Å². The summed E-state index contributed by atoms with van der Waals surface area (Å²) in [5.74, 6) is 0.271. The minimum absolute atomic E-state index is 0.0549. The number of ketones is 1. The molecule has 1 aliphatic rings. The van der Waals surface area contributed by atoms with Crippen molar-refractivity contribution in [1.29, 1.82) is 0 Å². The van der Waals surface area contributed by atoms with Gasteiger partial charge >= 0.3 is 0 Å². The standard InChI is InChI=1S/C28H25FO4/c1-17-21(11-12-25(30)19-7-5-4-6-8-19)24-16-20(29)9-10-22(24)23(17)13-18-14-26(32-2)28(31)27(15-18)33-3/h4-10,13-16,31H,11-12H2,1-3H3/b23-13-. The fourth-order valence-electron chi connectivity index (χ4n) is 4.25. The van der Waals surface area contributed by atoms with Crippen molar-refractivity contribution in [3.63, 3.8) is 0 Å². The fourth-order valence-corrected chi connectivity index (χ4v) is 4.25. The molecule has 3 aromatic rings. The summed E-state index contributed by atoms with van der Waals surface area (Å²) in [6.07, 6.45) is 2.80. The third-order valence-electron chi connectivity index (χ3n) is 5.96. The lowest BCUT2D eigenvalue weighted by Gasteiger charge is -2.11. The van der Waals surface area contributed by atoms with Gasteiger partial charge in [-0.1, -0.05) is 36.4 Å². The van der Waals surface area contributed by atoms with Crippen molar-refractivity contribution < 1.29 is 23.8 Å². The zero-order chi connectivity index (χ0) is 23.5. The normalized spacial score (nSPS) is 13.9. The van der Waals surface area contributed by atoms with Crippen LogP contribution in [0.15, 0.2) is 66.2 Å². The summed E-state index contributed by atoms with van der Waals surface area (Å²) in [6, 6.07) is 17.4. The van der Waals surface area contributed by atoms with Gasteiger partial charge in [-0.25, -0.2) is 4.39 Å². The molecule has 1 N–H and O–H groups in total. The molecule has 1 aliphatic carbocycles. The van der Waals surface area contributed by atoms with Gasteiger partial charge < -0.3 is 14.6 Å². The Bertz CT molecular complexity index is 1250. The van der Waals surface area contributed by atoms with Gasteiger partial charge in [-0.3, -0.25) is 4.79 Å². The van der Waals surface area contributed by atoms with E-state index in [2.05, 4.69) is 0 Å². The summed E-state index contributed by atoms with van der Waals surface area (Å²) in [5, 5.41) is 10.2. The Kier molecular flexibility index (Phi) is 6.31. The molecule has 0 saturated heterocycles. The molecule has 0 aliphatic heterocycles. The molecule has 0 spiro atoms. The lowest BCUT2D eigenvalue weighted by molar-refractivity contribution is 0.0984. The summed E-state index contributed by atoms with van der Waals surface area (Å²) in [4.78, 5) is 12.7. The van der Waals surface area contributed by atoms with Crippen LogP contribution in [0.2, 0.25) is 0 Å². The Balaban J connectivity index is 1.73. The van der Waals surface area contributed by atoms with E-state index < -0.39 is 0 Å². The number of hydrogen-bond donors (Lipinski definition) is 1. The van der Waals surface area contributed by atoms with Crippen LogP contribution >= 0.6 is 0 Å². The number of halogens is 1. The van der Waals surface area contributed by atoms with Gasteiger partial charge in [0.25, 0.3) is 0 Å².